The molecule has 0 N–H and O–H groups in total. The third kappa shape index (κ3) is 4.42. The standard InChI is InChI=1S/C13H19ClN2O2/c1-13(2,3)18-7-6-17-11-8-10(14)15-12(16-11)9-4-5-9/h8-9H,4-7H2,1-3H3. The van der Waals surface area contributed by atoms with Crippen molar-refractivity contribution in [3.63, 3.8) is 0 Å². The van der Waals surface area contributed by atoms with Gasteiger partial charge in [-0.25, -0.2) is 4.98 Å². The molecule has 0 spiro atoms. The van der Waals surface area contributed by atoms with Crippen LogP contribution in [0.15, 0.2) is 6.07 Å². The van der Waals surface area contributed by atoms with Crippen molar-refractivity contribution < 1.29 is 9.47 Å². The first kappa shape index (κ1) is 13.6. The fourth-order valence-corrected chi connectivity index (χ4v) is 1.69. The van der Waals surface area contributed by atoms with E-state index in [1.807, 2.05) is 20.8 Å². The maximum atomic E-state index is 5.94. The van der Waals surface area contributed by atoms with Crippen LogP contribution in [-0.2, 0) is 4.74 Å². The Balaban J connectivity index is 1.85. The quantitative estimate of drug-likeness (QED) is 0.609. The number of hydrogen-bond donors (Lipinski definition) is 0. The van der Waals surface area contributed by atoms with Gasteiger partial charge in [-0.15, -0.1) is 0 Å². The summed E-state index contributed by atoms with van der Waals surface area (Å²) in [5.41, 5.74) is -0.147. The second-order valence-electron chi connectivity index (χ2n) is 5.47. The van der Waals surface area contributed by atoms with E-state index in [1.165, 1.54) is 0 Å². The van der Waals surface area contributed by atoms with Crippen molar-refractivity contribution in [1.82, 2.24) is 9.97 Å². The maximum Gasteiger partial charge on any atom is 0.218 e. The lowest BCUT2D eigenvalue weighted by Crippen LogP contribution is -2.22. The lowest BCUT2D eigenvalue weighted by molar-refractivity contribution is -0.0168. The number of hydrogen-bond acceptors (Lipinski definition) is 4. The fraction of sp³-hybridized carbons (Fsp3) is 0.692. The first-order valence-electron chi connectivity index (χ1n) is 6.25. The largest absolute Gasteiger partial charge is 0.475 e. The Morgan fingerprint density at radius 1 is 1.28 bits per heavy atom. The summed E-state index contributed by atoms with van der Waals surface area (Å²) in [6.45, 7) is 7.04. The number of nitrogens with zero attached hydrogens (tertiary/aromatic N) is 2. The Hall–Kier alpha value is -0.870. The second-order valence-corrected chi connectivity index (χ2v) is 5.86. The summed E-state index contributed by atoms with van der Waals surface area (Å²) in [5, 5.41) is 0.443. The van der Waals surface area contributed by atoms with Gasteiger partial charge in [-0.1, -0.05) is 11.6 Å². The molecular formula is C13H19ClN2O2. The molecular weight excluding hydrogens is 252 g/mol. The summed E-state index contributed by atoms with van der Waals surface area (Å²) in [6, 6.07) is 1.64. The minimum absolute atomic E-state index is 0.147. The van der Waals surface area contributed by atoms with Gasteiger partial charge in [0.1, 0.15) is 17.6 Å². The Bertz CT molecular complexity index is 414. The van der Waals surface area contributed by atoms with Gasteiger partial charge < -0.3 is 9.47 Å². The molecule has 0 aliphatic heterocycles. The van der Waals surface area contributed by atoms with Crippen LogP contribution >= 0.6 is 11.6 Å². The van der Waals surface area contributed by atoms with Gasteiger partial charge in [-0.05, 0) is 33.6 Å². The highest BCUT2D eigenvalue weighted by atomic mass is 35.5. The molecule has 1 heterocycles. The maximum absolute atomic E-state index is 5.94. The fourth-order valence-electron chi connectivity index (χ4n) is 1.51. The highest BCUT2D eigenvalue weighted by molar-refractivity contribution is 6.29. The zero-order valence-electron chi connectivity index (χ0n) is 11.1. The summed E-state index contributed by atoms with van der Waals surface area (Å²) in [7, 11) is 0. The lowest BCUT2D eigenvalue weighted by Gasteiger charge is -2.19. The topological polar surface area (TPSA) is 44.2 Å². The smallest absolute Gasteiger partial charge is 0.218 e. The first-order chi connectivity index (χ1) is 8.44. The Morgan fingerprint density at radius 2 is 2.00 bits per heavy atom. The van der Waals surface area contributed by atoms with Crippen molar-refractivity contribution in [3.8, 4) is 5.88 Å². The van der Waals surface area contributed by atoms with Crippen molar-refractivity contribution in [2.24, 2.45) is 0 Å². The highest BCUT2D eigenvalue weighted by Crippen LogP contribution is 2.38. The number of aromatic nitrogens is 2. The molecule has 4 nitrogen and oxygen atoms in total. The van der Waals surface area contributed by atoms with Gasteiger partial charge in [0.05, 0.1) is 12.2 Å². The van der Waals surface area contributed by atoms with Crippen LogP contribution in [-0.4, -0.2) is 28.8 Å². The molecule has 1 saturated carbocycles. The van der Waals surface area contributed by atoms with Crippen LogP contribution in [0.5, 0.6) is 5.88 Å². The van der Waals surface area contributed by atoms with Gasteiger partial charge in [0, 0.05) is 12.0 Å². The number of halogens is 1. The predicted molar refractivity (Wildman–Crippen MR) is 70.2 cm³/mol. The van der Waals surface area contributed by atoms with Crippen LogP contribution in [0.25, 0.3) is 0 Å². The highest BCUT2D eigenvalue weighted by Gasteiger charge is 2.27. The summed E-state index contributed by atoms with van der Waals surface area (Å²) in [6.07, 6.45) is 2.29. The van der Waals surface area contributed by atoms with E-state index in [9.17, 15) is 0 Å². The van der Waals surface area contributed by atoms with Crippen molar-refractivity contribution in [1.29, 1.82) is 0 Å². The molecule has 0 unspecified atom stereocenters. The normalized spacial score (nSPS) is 15.8. The van der Waals surface area contributed by atoms with E-state index >= 15 is 0 Å². The third-order valence-corrected chi connectivity index (χ3v) is 2.69. The molecule has 0 saturated heterocycles. The lowest BCUT2D eigenvalue weighted by atomic mass is 10.2. The summed E-state index contributed by atoms with van der Waals surface area (Å²) < 4.78 is 11.1. The van der Waals surface area contributed by atoms with Crippen LogP contribution in [0.2, 0.25) is 5.15 Å². The number of rotatable bonds is 5. The van der Waals surface area contributed by atoms with Crippen molar-refractivity contribution in [2.75, 3.05) is 13.2 Å². The summed E-state index contributed by atoms with van der Waals surface area (Å²) in [5.74, 6) is 1.81. The summed E-state index contributed by atoms with van der Waals surface area (Å²) in [4.78, 5) is 8.56. The molecule has 100 valence electrons. The summed E-state index contributed by atoms with van der Waals surface area (Å²) >= 11 is 5.94. The molecule has 1 aliphatic carbocycles. The molecule has 1 aromatic heterocycles. The third-order valence-electron chi connectivity index (χ3n) is 2.50. The van der Waals surface area contributed by atoms with Crippen LogP contribution < -0.4 is 4.74 Å². The van der Waals surface area contributed by atoms with Crippen molar-refractivity contribution >= 4 is 11.6 Å². The van der Waals surface area contributed by atoms with Crippen LogP contribution in [0.1, 0.15) is 45.4 Å². The molecule has 2 rings (SSSR count). The zero-order chi connectivity index (χ0) is 13.2. The Kier molecular flexibility index (Phi) is 4.07. The minimum atomic E-state index is -0.147. The van der Waals surface area contributed by atoms with E-state index < -0.39 is 0 Å². The van der Waals surface area contributed by atoms with E-state index in [-0.39, 0.29) is 5.60 Å². The first-order valence-corrected chi connectivity index (χ1v) is 6.63. The molecule has 0 bridgehead atoms. The van der Waals surface area contributed by atoms with Gasteiger partial charge in [0.25, 0.3) is 0 Å². The number of ether oxygens (including phenoxy) is 2. The Labute approximate surface area is 113 Å². The van der Waals surface area contributed by atoms with Gasteiger partial charge in [-0.2, -0.15) is 4.98 Å². The monoisotopic (exact) mass is 270 g/mol. The molecule has 1 fully saturated rings. The van der Waals surface area contributed by atoms with E-state index in [1.54, 1.807) is 6.07 Å². The van der Waals surface area contributed by atoms with Crippen LogP contribution in [0.3, 0.4) is 0 Å². The van der Waals surface area contributed by atoms with Crippen LogP contribution in [0, 0.1) is 0 Å². The van der Waals surface area contributed by atoms with E-state index in [0.717, 1.165) is 18.7 Å². The molecule has 1 aromatic rings. The van der Waals surface area contributed by atoms with Crippen molar-refractivity contribution in [3.05, 3.63) is 17.0 Å². The van der Waals surface area contributed by atoms with E-state index in [2.05, 4.69) is 9.97 Å². The van der Waals surface area contributed by atoms with Crippen LogP contribution in [0.4, 0.5) is 0 Å². The van der Waals surface area contributed by atoms with Crippen molar-refractivity contribution in [2.45, 2.75) is 45.1 Å². The van der Waals surface area contributed by atoms with Gasteiger partial charge in [-0.3, -0.25) is 0 Å². The average Bonchev–Trinajstić information content (AvgIpc) is 3.06. The zero-order valence-corrected chi connectivity index (χ0v) is 11.8. The minimum Gasteiger partial charge on any atom is -0.475 e. The van der Waals surface area contributed by atoms with Gasteiger partial charge in [0.15, 0.2) is 0 Å². The molecule has 0 radical (unpaired) electrons. The molecule has 0 atom stereocenters. The predicted octanol–water partition coefficient (Wildman–Crippen LogP) is 3.20. The Morgan fingerprint density at radius 3 is 2.61 bits per heavy atom. The SMILES string of the molecule is CC(C)(C)OCCOc1cc(Cl)nc(C2CC2)n1. The van der Waals surface area contributed by atoms with E-state index in [4.69, 9.17) is 21.1 Å². The second kappa shape index (κ2) is 5.41. The van der Waals surface area contributed by atoms with E-state index in [0.29, 0.717) is 30.2 Å². The molecule has 5 heteroatoms. The average molecular weight is 271 g/mol. The molecule has 18 heavy (non-hydrogen) atoms. The molecule has 0 amide bonds. The van der Waals surface area contributed by atoms with Gasteiger partial charge in [0.2, 0.25) is 5.88 Å². The molecule has 1 aliphatic rings. The van der Waals surface area contributed by atoms with Gasteiger partial charge >= 0.3 is 0 Å². The molecule has 0 aromatic carbocycles.